The summed E-state index contributed by atoms with van der Waals surface area (Å²) in [7, 11) is 4.48. The lowest BCUT2D eigenvalue weighted by atomic mass is 9.83. The number of carbonyl (C=O) groups is 1. The maximum absolute atomic E-state index is 11.9. The summed E-state index contributed by atoms with van der Waals surface area (Å²) in [5, 5.41) is 7.01. The van der Waals surface area contributed by atoms with Gasteiger partial charge in [0.1, 0.15) is 29.1 Å². The molecule has 13 fully saturated rings. The van der Waals surface area contributed by atoms with Crippen molar-refractivity contribution in [2.75, 3.05) is 158 Å². The number of piperidine rings is 6. The molecular formula is C124H174N20O. The van der Waals surface area contributed by atoms with E-state index in [1.165, 1.54) is 362 Å². The molecule has 0 unspecified atom stereocenters. The minimum absolute atomic E-state index is 0.192. The van der Waals surface area contributed by atoms with Crippen molar-refractivity contribution >= 4 is 61.1 Å². The Hall–Kier alpha value is -9.00. The summed E-state index contributed by atoms with van der Waals surface area (Å²) in [6.07, 6.45) is 45.9. The van der Waals surface area contributed by atoms with Crippen LogP contribution < -0.4 is 10.6 Å². The van der Waals surface area contributed by atoms with E-state index in [1.807, 2.05) is 4.90 Å². The predicted molar refractivity (Wildman–Crippen MR) is 595 cm³/mol. The molecule has 5 aromatic heterocycles. The van der Waals surface area contributed by atoms with Gasteiger partial charge in [-0.3, -0.25) is 14.6 Å². The van der Waals surface area contributed by atoms with E-state index in [9.17, 15) is 4.79 Å². The third-order valence-electron chi connectivity index (χ3n) is 36.9. The maximum Gasteiger partial charge on any atom is 0.219 e. The van der Waals surface area contributed by atoms with E-state index < -0.39 is 0 Å². The van der Waals surface area contributed by atoms with Gasteiger partial charge in [-0.05, 0) is 265 Å². The Bertz CT molecular complexity index is 5860. The number of carbonyl (C=O) groups excluding carboxylic acids is 1. The van der Waals surface area contributed by atoms with Crippen molar-refractivity contribution < 1.29 is 4.79 Å². The lowest BCUT2D eigenvalue weighted by Crippen LogP contribution is -2.45. The number of aromatic nitrogens is 10. The van der Waals surface area contributed by atoms with Crippen molar-refractivity contribution in [1.29, 1.82) is 0 Å². The second-order valence-electron chi connectivity index (χ2n) is 46.9. The molecule has 1 amide bonds. The van der Waals surface area contributed by atoms with Gasteiger partial charge in [-0.25, -0.2) is 24.9 Å². The van der Waals surface area contributed by atoms with Gasteiger partial charge in [-0.2, -0.15) is 0 Å². The largest absolute Gasteiger partial charge is 0.342 e. The predicted octanol–water partition coefficient (Wildman–Crippen LogP) is 23.8. The molecular weight excluding hydrogens is 1790 g/mol. The molecule has 15 heterocycles. The topological polar surface area (TPSA) is 156 Å². The Balaban J connectivity index is 0.000000107. The van der Waals surface area contributed by atoms with E-state index >= 15 is 0 Å². The highest BCUT2D eigenvalue weighted by atomic mass is 16.2. The number of rotatable bonds is 20. The fraction of sp³-hybridized carbons (Fsp3) is 0.613. The first kappa shape index (κ1) is 102. The van der Waals surface area contributed by atoms with Crippen molar-refractivity contribution in [3.63, 3.8) is 0 Å². The average molecular weight is 1960 g/mol. The molecule has 0 bridgehead atoms. The molecule has 145 heavy (non-hydrogen) atoms. The van der Waals surface area contributed by atoms with Gasteiger partial charge >= 0.3 is 0 Å². The number of likely N-dealkylation sites (N-methyl/N-ethyl adjacent to an activating group) is 2. The molecule has 12 aromatic rings. The quantitative estimate of drug-likeness (QED) is 0.0743. The van der Waals surface area contributed by atoms with Crippen molar-refractivity contribution in [1.82, 2.24) is 97.6 Å². The van der Waals surface area contributed by atoms with Gasteiger partial charge in [-0.15, -0.1) is 0 Å². The van der Waals surface area contributed by atoms with Crippen molar-refractivity contribution in [3.05, 3.63) is 222 Å². The van der Waals surface area contributed by atoms with E-state index in [-0.39, 0.29) is 5.91 Å². The highest BCUT2D eigenvalue weighted by Gasteiger charge is 2.40. The van der Waals surface area contributed by atoms with Crippen LogP contribution in [0.1, 0.15) is 332 Å². The summed E-state index contributed by atoms with van der Waals surface area (Å²) < 4.78 is 13.1. The van der Waals surface area contributed by atoms with Crippen molar-refractivity contribution in [2.45, 2.75) is 311 Å². The summed E-state index contributed by atoms with van der Waals surface area (Å²) in [6.45, 7) is 31.8. The van der Waals surface area contributed by atoms with Crippen LogP contribution in [0.3, 0.4) is 0 Å². The fourth-order valence-corrected chi connectivity index (χ4v) is 28.5. The van der Waals surface area contributed by atoms with Crippen LogP contribution in [0.15, 0.2) is 182 Å². The minimum Gasteiger partial charge on any atom is -0.342 e. The van der Waals surface area contributed by atoms with Gasteiger partial charge in [0.2, 0.25) is 5.91 Å². The molecule has 21 heteroatoms. The van der Waals surface area contributed by atoms with Crippen molar-refractivity contribution in [2.24, 2.45) is 17.8 Å². The zero-order valence-corrected chi connectivity index (χ0v) is 88.9. The highest BCUT2D eigenvalue weighted by molar-refractivity contribution is 5.80. The standard InChI is InChI=1S/C27H40N4O.C26H40N4.2C24H30N4.C23H34N4/c1-21(32)30-18-13-23(20-30)27-28-25-11-7-8-12-26(25)31(27)24-14-16-29(17-15-24)19-22-9-5-3-2-4-6-10-22;1-28-16-13-22(20-28)26-27-24-11-7-8-12-25(24)30(26)23-14-17-29(18-15-23)19-21-9-5-3-2-4-6-10-21;1-26-14-11-20(18-26)24-25-22-9-5-6-10-23(22)28(24)21-12-15-27(16-13-21)17-19-7-3-2-4-8-19;1-2-7-19(8-3-1)18-27-15-12-21(13-16-27)28-23-11-5-4-10-22(23)26-24(28)20-9-6-14-25-17-20;1-17(18-7-3-2-4-8-18)26-13-11-20(12-14-26)27-22-10-6-5-9-21(22)25-23(27)19-15-24-16-19/h7-8,11-12,22-24H,2-6,9-10,13-20H2,1H3;7-8,11-12,21-23H,2-6,9-10,13-20H2,1H3;2-10,20-21H,11-18H2,1H3;1-5,7-8,10-11,20-21,25H,6,9,12-18H2;5-6,9-10,17-20,24H,2-4,7-8,11-16H2,1H3/t23-;22-;2*20-;17-/m11111/s1. The lowest BCUT2D eigenvalue weighted by Gasteiger charge is -2.41. The molecule has 776 valence electrons. The Morgan fingerprint density at radius 2 is 0.600 bits per heavy atom. The molecule has 3 aliphatic carbocycles. The second kappa shape index (κ2) is 49.6. The number of hydrogen-bond donors (Lipinski definition) is 2. The Morgan fingerprint density at radius 3 is 0.931 bits per heavy atom. The summed E-state index contributed by atoms with van der Waals surface area (Å²) in [5.41, 5.74) is 15.3. The smallest absolute Gasteiger partial charge is 0.219 e. The van der Waals surface area contributed by atoms with Crippen LogP contribution in [0.5, 0.6) is 0 Å². The Labute approximate surface area is 867 Å². The van der Waals surface area contributed by atoms with E-state index in [0.29, 0.717) is 59.8 Å². The SMILES string of the molecule is CC(=O)N1CC[C@@H](c2nc3ccccc3n2C2CCN(CC3CCCCCCC3)CC2)C1.CN1CC[C@@H](c2nc3ccccc3n2C2CCN(CC3CCCCCCC3)CC2)C1.CN1CC[C@@H](c2nc3ccccc3n2C2CCN(Cc3ccccc3)CC2)C1.C[C@H](C1CCCCC1)N1CCC(n2c(C3CNC3)nc3ccccc32)CC1.c1ccc(CN2CCC(n3c([C@@H]4CCCNC4)nc4ccccc43)CC2)cc1. The fourth-order valence-electron chi connectivity index (χ4n) is 28.5. The number of para-hydroxylation sites is 10. The highest BCUT2D eigenvalue weighted by Crippen LogP contribution is 2.44. The van der Waals surface area contributed by atoms with Gasteiger partial charge in [0.25, 0.3) is 0 Å². The number of fused-ring (bicyclic) bond motifs is 5. The zero-order chi connectivity index (χ0) is 98.2. The molecule has 21 nitrogen and oxygen atoms in total. The molecule has 2 N–H and O–H groups in total. The molecule has 13 aliphatic rings. The van der Waals surface area contributed by atoms with Crippen LogP contribution in [-0.4, -0.2) is 257 Å². The average Bonchev–Trinajstić information content (AvgIpc) is 1.63. The van der Waals surface area contributed by atoms with Gasteiger partial charge in [0.05, 0.1) is 55.2 Å². The van der Waals surface area contributed by atoms with Gasteiger partial charge in [0.15, 0.2) is 0 Å². The number of hydrogen-bond acceptors (Lipinski definition) is 15. The van der Waals surface area contributed by atoms with Gasteiger partial charge in [-0.1, -0.05) is 205 Å². The van der Waals surface area contributed by atoms with Crippen LogP contribution in [-0.2, 0) is 17.9 Å². The molecule has 0 spiro atoms. The molecule has 7 aromatic carbocycles. The monoisotopic (exact) mass is 1960 g/mol. The molecule has 3 saturated carbocycles. The zero-order valence-electron chi connectivity index (χ0n) is 88.9. The number of nitrogens with one attached hydrogen (secondary N) is 2. The van der Waals surface area contributed by atoms with Crippen LogP contribution in [0.25, 0.3) is 55.2 Å². The number of likely N-dealkylation sites (tertiary alicyclic amines) is 8. The Morgan fingerprint density at radius 1 is 0.297 bits per heavy atom. The van der Waals surface area contributed by atoms with Crippen LogP contribution >= 0.6 is 0 Å². The van der Waals surface area contributed by atoms with Gasteiger partial charge < -0.3 is 62.9 Å². The summed E-state index contributed by atoms with van der Waals surface area (Å²) in [6, 6.07) is 69.0. The first-order valence-corrected chi connectivity index (χ1v) is 58.5. The number of nitrogens with zero attached hydrogens (tertiary/aromatic N) is 18. The van der Waals surface area contributed by atoms with Crippen LogP contribution in [0, 0.1) is 17.8 Å². The maximum atomic E-state index is 11.9. The first-order chi connectivity index (χ1) is 71.4. The first-order valence-electron chi connectivity index (χ1n) is 58.5. The summed E-state index contributed by atoms with van der Waals surface area (Å²) in [5.74, 6) is 12.2. The molecule has 5 atom stereocenters. The van der Waals surface area contributed by atoms with E-state index in [4.69, 9.17) is 24.9 Å². The normalized spacial score (nSPS) is 24.0. The number of amides is 1. The van der Waals surface area contributed by atoms with Crippen LogP contribution in [0.2, 0.25) is 0 Å². The summed E-state index contributed by atoms with van der Waals surface area (Å²) in [4.78, 5) is 57.9. The second-order valence-corrected chi connectivity index (χ2v) is 46.9. The third kappa shape index (κ3) is 25.0. The minimum atomic E-state index is 0.192. The van der Waals surface area contributed by atoms with E-state index in [0.717, 1.165) is 133 Å². The molecule has 10 aliphatic heterocycles. The summed E-state index contributed by atoms with van der Waals surface area (Å²) >= 11 is 0. The number of benzene rings is 7. The third-order valence-corrected chi connectivity index (χ3v) is 36.9. The van der Waals surface area contributed by atoms with E-state index in [1.54, 1.807) is 6.92 Å². The molecule has 25 rings (SSSR count). The molecule has 10 saturated heterocycles. The van der Waals surface area contributed by atoms with Crippen LogP contribution in [0.4, 0.5) is 0 Å². The van der Waals surface area contributed by atoms with Gasteiger partial charge in [0, 0.05) is 210 Å². The van der Waals surface area contributed by atoms with E-state index in [2.05, 4.69) is 271 Å². The van der Waals surface area contributed by atoms with Crippen molar-refractivity contribution in [3.8, 4) is 0 Å². The molecule has 0 radical (unpaired) electrons. The lowest BCUT2D eigenvalue weighted by molar-refractivity contribution is -0.127. The Kier molecular flexibility index (Phi) is 34.9. The number of imidazole rings is 5.